The Bertz CT molecular complexity index is 469. The van der Waals surface area contributed by atoms with Crippen molar-refractivity contribution in [1.82, 2.24) is 5.32 Å². The molecule has 1 heterocycles. The minimum Gasteiger partial charge on any atom is -0.365 e. The summed E-state index contributed by atoms with van der Waals surface area (Å²) in [6.45, 7) is 8.26. The van der Waals surface area contributed by atoms with E-state index in [1.54, 1.807) is 6.07 Å². The summed E-state index contributed by atoms with van der Waals surface area (Å²) in [6, 6.07) is 7.88. The van der Waals surface area contributed by atoms with Gasteiger partial charge in [0.1, 0.15) is 0 Å². The van der Waals surface area contributed by atoms with E-state index < -0.39 is 5.76 Å². The SMILES string of the molecule is CCC1CNC(C)(CC)CN1c1ccccc1SC(F)F. The molecule has 1 aromatic rings. The molecule has 1 saturated heterocycles. The third kappa shape index (κ3) is 3.89. The minimum absolute atomic E-state index is 0.0360. The molecule has 1 aromatic carbocycles. The van der Waals surface area contributed by atoms with Gasteiger partial charge >= 0.3 is 0 Å². The van der Waals surface area contributed by atoms with Gasteiger partial charge in [-0.2, -0.15) is 8.78 Å². The van der Waals surface area contributed by atoms with Gasteiger partial charge in [-0.1, -0.05) is 37.7 Å². The number of anilines is 1. The summed E-state index contributed by atoms with van der Waals surface area (Å²) in [7, 11) is 0. The van der Waals surface area contributed by atoms with Crippen molar-refractivity contribution in [1.29, 1.82) is 0 Å². The fourth-order valence-corrected chi connectivity index (χ4v) is 3.46. The van der Waals surface area contributed by atoms with E-state index in [4.69, 9.17) is 0 Å². The Morgan fingerprint density at radius 1 is 1.38 bits per heavy atom. The highest BCUT2D eigenvalue weighted by molar-refractivity contribution is 7.99. The highest BCUT2D eigenvalue weighted by atomic mass is 32.2. The second kappa shape index (κ2) is 6.97. The first kappa shape index (κ1) is 16.6. The van der Waals surface area contributed by atoms with Crippen LogP contribution in [-0.2, 0) is 0 Å². The Hall–Kier alpha value is -0.810. The second-order valence-electron chi connectivity index (χ2n) is 5.83. The molecule has 0 bridgehead atoms. The van der Waals surface area contributed by atoms with Gasteiger partial charge in [0.15, 0.2) is 0 Å². The smallest absolute Gasteiger partial charge is 0.288 e. The molecule has 21 heavy (non-hydrogen) atoms. The summed E-state index contributed by atoms with van der Waals surface area (Å²) in [5.74, 6) is -2.38. The summed E-state index contributed by atoms with van der Waals surface area (Å²) in [4.78, 5) is 2.98. The highest BCUT2D eigenvalue weighted by Crippen LogP contribution is 2.37. The third-order valence-corrected chi connectivity index (χ3v) is 5.14. The van der Waals surface area contributed by atoms with Gasteiger partial charge in [-0.15, -0.1) is 0 Å². The molecule has 2 unspecified atom stereocenters. The Morgan fingerprint density at radius 2 is 2.10 bits per heavy atom. The molecule has 0 saturated carbocycles. The number of hydrogen-bond donors (Lipinski definition) is 1. The first-order chi connectivity index (χ1) is 9.99. The Labute approximate surface area is 130 Å². The fraction of sp³-hybridized carbons (Fsp3) is 0.625. The van der Waals surface area contributed by atoms with Crippen LogP contribution in [0.1, 0.15) is 33.6 Å². The van der Waals surface area contributed by atoms with Crippen LogP contribution in [0, 0.1) is 0 Å². The standard InChI is InChI=1S/C16H24F2N2S/c1-4-12-10-19-16(3,5-2)11-20(12)13-8-6-7-9-14(13)21-15(17)18/h6-9,12,15,19H,4-5,10-11H2,1-3H3. The van der Waals surface area contributed by atoms with Crippen molar-refractivity contribution in [2.24, 2.45) is 0 Å². The first-order valence-corrected chi connectivity index (χ1v) is 8.42. The summed E-state index contributed by atoms with van der Waals surface area (Å²) >= 11 is 0.644. The van der Waals surface area contributed by atoms with E-state index in [1.165, 1.54) is 0 Å². The maximum atomic E-state index is 12.8. The molecule has 1 fully saturated rings. The van der Waals surface area contributed by atoms with Crippen molar-refractivity contribution in [2.45, 2.75) is 55.8 Å². The number of alkyl halides is 2. The van der Waals surface area contributed by atoms with Crippen molar-refractivity contribution >= 4 is 17.4 Å². The number of benzene rings is 1. The average molecular weight is 314 g/mol. The number of nitrogens with zero attached hydrogens (tertiary/aromatic N) is 1. The summed E-state index contributed by atoms with van der Waals surface area (Å²) < 4.78 is 25.6. The molecule has 1 aliphatic heterocycles. The lowest BCUT2D eigenvalue weighted by Gasteiger charge is -2.47. The zero-order valence-electron chi connectivity index (χ0n) is 12.9. The largest absolute Gasteiger partial charge is 0.365 e. The van der Waals surface area contributed by atoms with E-state index in [-0.39, 0.29) is 5.54 Å². The average Bonchev–Trinajstić information content (AvgIpc) is 2.47. The Kier molecular flexibility index (Phi) is 5.49. The quantitative estimate of drug-likeness (QED) is 0.813. The van der Waals surface area contributed by atoms with E-state index in [0.29, 0.717) is 22.7 Å². The number of thioether (sulfide) groups is 1. The molecule has 118 valence electrons. The number of halogens is 2. The number of rotatable bonds is 5. The monoisotopic (exact) mass is 314 g/mol. The van der Waals surface area contributed by atoms with E-state index in [1.807, 2.05) is 18.2 Å². The molecule has 2 atom stereocenters. The third-order valence-electron chi connectivity index (χ3n) is 4.37. The molecule has 0 spiro atoms. The van der Waals surface area contributed by atoms with Gasteiger partial charge in [-0.3, -0.25) is 0 Å². The van der Waals surface area contributed by atoms with Crippen LogP contribution in [0.15, 0.2) is 29.2 Å². The molecule has 2 rings (SSSR count). The highest BCUT2D eigenvalue weighted by Gasteiger charge is 2.34. The molecule has 2 nitrogen and oxygen atoms in total. The van der Waals surface area contributed by atoms with Crippen molar-refractivity contribution in [3.05, 3.63) is 24.3 Å². The van der Waals surface area contributed by atoms with Gasteiger partial charge in [0, 0.05) is 29.6 Å². The number of piperazine rings is 1. The lowest BCUT2D eigenvalue weighted by molar-refractivity contribution is 0.252. The lowest BCUT2D eigenvalue weighted by Crippen LogP contribution is -2.62. The molecule has 0 aliphatic carbocycles. The molecule has 1 aliphatic rings. The normalized spacial score (nSPS) is 26.4. The van der Waals surface area contributed by atoms with Gasteiger partial charge in [-0.25, -0.2) is 0 Å². The molecular formula is C16H24F2N2S. The molecular weight excluding hydrogens is 290 g/mol. The van der Waals surface area contributed by atoms with Gasteiger partial charge in [-0.05, 0) is 31.9 Å². The zero-order chi connectivity index (χ0) is 15.5. The van der Waals surface area contributed by atoms with E-state index >= 15 is 0 Å². The molecule has 0 amide bonds. The van der Waals surface area contributed by atoms with E-state index in [0.717, 1.165) is 31.6 Å². The van der Waals surface area contributed by atoms with Crippen LogP contribution in [0.5, 0.6) is 0 Å². The first-order valence-electron chi connectivity index (χ1n) is 7.54. The molecule has 1 N–H and O–H groups in total. The molecule has 5 heteroatoms. The van der Waals surface area contributed by atoms with Gasteiger partial charge in [0.05, 0.1) is 5.69 Å². The van der Waals surface area contributed by atoms with Crippen LogP contribution in [0.3, 0.4) is 0 Å². The summed E-state index contributed by atoms with van der Waals surface area (Å²) in [5.41, 5.74) is 0.977. The van der Waals surface area contributed by atoms with E-state index in [2.05, 4.69) is 31.0 Å². The fourth-order valence-electron chi connectivity index (χ4n) is 2.81. The summed E-state index contributed by atoms with van der Waals surface area (Å²) in [6.07, 6.45) is 2.02. The van der Waals surface area contributed by atoms with Crippen LogP contribution in [0.4, 0.5) is 14.5 Å². The van der Waals surface area contributed by atoms with Crippen LogP contribution in [0.2, 0.25) is 0 Å². The lowest BCUT2D eigenvalue weighted by atomic mass is 9.92. The van der Waals surface area contributed by atoms with Crippen molar-refractivity contribution in [3.63, 3.8) is 0 Å². The zero-order valence-corrected chi connectivity index (χ0v) is 13.7. The number of para-hydroxylation sites is 1. The van der Waals surface area contributed by atoms with Crippen LogP contribution in [-0.4, -0.2) is 30.4 Å². The predicted octanol–water partition coefficient (Wildman–Crippen LogP) is 4.36. The molecule has 0 radical (unpaired) electrons. The van der Waals surface area contributed by atoms with Gasteiger partial charge in [0.25, 0.3) is 5.76 Å². The maximum Gasteiger partial charge on any atom is 0.288 e. The van der Waals surface area contributed by atoms with Crippen molar-refractivity contribution < 1.29 is 8.78 Å². The van der Waals surface area contributed by atoms with Crippen LogP contribution in [0.25, 0.3) is 0 Å². The van der Waals surface area contributed by atoms with Gasteiger partial charge < -0.3 is 10.2 Å². The predicted molar refractivity (Wildman–Crippen MR) is 86.4 cm³/mol. The topological polar surface area (TPSA) is 15.3 Å². The van der Waals surface area contributed by atoms with Crippen LogP contribution >= 0.6 is 11.8 Å². The van der Waals surface area contributed by atoms with Crippen molar-refractivity contribution in [3.8, 4) is 0 Å². The number of nitrogens with one attached hydrogen (secondary N) is 1. The Morgan fingerprint density at radius 3 is 2.71 bits per heavy atom. The maximum absolute atomic E-state index is 12.8. The van der Waals surface area contributed by atoms with E-state index in [9.17, 15) is 8.78 Å². The van der Waals surface area contributed by atoms with Gasteiger partial charge in [0.2, 0.25) is 0 Å². The molecule has 0 aromatic heterocycles. The number of hydrogen-bond acceptors (Lipinski definition) is 3. The van der Waals surface area contributed by atoms with Crippen molar-refractivity contribution in [2.75, 3.05) is 18.0 Å². The minimum atomic E-state index is -2.38. The second-order valence-corrected chi connectivity index (χ2v) is 6.86. The Balaban J connectivity index is 2.32. The summed E-state index contributed by atoms with van der Waals surface area (Å²) in [5, 5.41) is 3.61. The van der Waals surface area contributed by atoms with Crippen LogP contribution < -0.4 is 10.2 Å².